The smallest absolute Gasteiger partial charge is 0.383 e. The van der Waals surface area contributed by atoms with Gasteiger partial charge >= 0.3 is 6.18 Å². The molecule has 1 aliphatic rings. The summed E-state index contributed by atoms with van der Waals surface area (Å²) in [6.07, 6.45) is -2.09. The van der Waals surface area contributed by atoms with Crippen molar-refractivity contribution in [2.75, 3.05) is 18.8 Å². The van der Waals surface area contributed by atoms with Gasteiger partial charge in [-0.15, -0.1) is 0 Å². The number of nitrogens with zero attached hydrogens (tertiary/aromatic N) is 4. The number of fused-ring (bicyclic) bond motifs is 3. The molecular formula is C23H19ClF3N5O. The second-order valence-electron chi connectivity index (χ2n) is 8.23. The van der Waals surface area contributed by atoms with Crippen LogP contribution in [0.15, 0.2) is 42.6 Å². The number of aromatic nitrogens is 3. The van der Waals surface area contributed by atoms with E-state index in [-0.39, 0.29) is 16.8 Å². The molecule has 1 aliphatic heterocycles. The van der Waals surface area contributed by atoms with Crippen molar-refractivity contribution in [3.05, 3.63) is 64.3 Å². The molecule has 0 spiro atoms. The van der Waals surface area contributed by atoms with Gasteiger partial charge in [0.05, 0.1) is 38.8 Å². The average molecular weight is 474 g/mol. The number of amides is 1. The van der Waals surface area contributed by atoms with E-state index in [1.165, 1.54) is 12.1 Å². The minimum atomic E-state index is -4.37. The Morgan fingerprint density at radius 1 is 1.18 bits per heavy atom. The van der Waals surface area contributed by atoms with E-state index in [0.29, 0.717) is 47.2 Å². The number of likely N-dealkylation sites (tertiary alicyclic amines) is 1. The van der Waals surface area contributed by atoms with Crippen molar-refractivity contribution in [1.29, 1.82) is 0 Å². The lowest BCUT2D eigenvalue weighted by Gasteiger charge is -2.18. The third-order valence-corrected chi connectivity index (χ3v) is 6.52. The van der Waals surface area contributed by atoms with Crippen LogP contribution in [0.2, 0.25) is 5.02 Å². The first-order valence-corrected chi connectivity index (χ1v) is 10.7. The number of aryl methyl sites for hydroxylation is 1. The van der Waals surface area contributed by atoms with Crippen molar-refractivity contribution in [1.82, 2.24) is 19.7 Å². The van der Waals surface area contributed by atoms with Crippen LogP contribution in [0.3, 0.4) is 0 Å². The predicted octanol–water partition coefficient (Wildman–Crippen LogP) is 5.01. The van der Waals surface area contributed by atoms with Crippen LogP contribution in [0.4, 0.5) is 19.0 Å². The number of halogens is 4. The highest BCUT2D eigenvalue weighted by molar-refractivity contribution is 6.35. The van der Waals surface area contributed by atoms with Crippen LogP contribution in [0.1, 0.15) is 33.8 Å². The van der Waals surface area contributed by atoms with Crippen molar-refractivity contribution >= 4 is 45.1 Å². The summed E-state index contributed by atoms with van der Waals surface area (Å²) >= 11 is 6.45. The number of anilines is 1. The van der Waals surface area contributed by atoms with Crippen LogP contribution in [0, 0.1) is 0 Å². The number of benzene rings is 2. The molecule has 10 heteroatoms. The first-order chi connectivity index (χ1) is 15.6. The molecule has 0 bridgehead atoms. The normalized spacial score (nSPS) is 16.8. The van der Waals surface area contributed by atoms with E-state index in [4.69, 9.17) is 17.3 Å². The molecule has 2 aromatic carbocycles. The standard InChI is InChI=1S/C23H19ClF3N5O/c1-31-20-16-8-15(18(24)9-19(16)30-21(28)17(20)10-29-31)22(33)32-7-6-13(11-32)12-2-4-14(5-3-12)23(25,26)27/h2-5,8-10,13H,6-7,11H2,1H3,(H2,28,30)/t13-/m0/s1. The summed E-state index contributed by atoms with van der Waals surface area (Å²) in [6, 6.07) is 8.47. The monoisotopic (exact) mass is 473 g/mol. The molecule has 170 valence electrons. The van der Waals surface area contributed by atoms with E-state index in [1.807, 2.05) is 0 Å². The Hall–Kier alpha value is -3.33. The number of carbonyl (C=O) groups excluding carboxylic acids is 1. The van der Waals surface area contributed by atoms with Gasteiger partial charge in [0.25, 0.3) is 5.91 Å². The van der Waals surface area contributed by atoms with Gasteiger partial charge in [-0.25, -0.2) is 4.98 Å². The summed E-state index contributed by atoms with van der Waals surface area (Å²) in [5.41, 5.74) is 7.79. The van der Waals surface area contributed by atoms with Crippen LogP contribution in [0.25, 0.3) is 21.8 Å². The van der Waals surface area contributed by atoms with Crippen LogP contribution in [0.5, 0.6) is 0 Å². The van der Waals surface area contributed by atoms with Crippen LogP contribution >= 0.6 is 11.6 Å². The number of hydrogen-bond acceptors (Lipinski definition) is 4. The van der Waals surface area contributed by atoms with E-state index < -0.39 is 11.7 Å². The summed E-state index contributed by atoms with van der Waals surface area (Å²) < 4.78 is 40.2. The second-order valence-corrected chi connectivity index (χ2v) is 8.64. The van der Waals surface area contributed by atoms with Gasteiger partial charge in [0.1, 0.15) is 5.82 Å². The van der Waals surface area contributed by atoms with Crippen molar-refractivity contribution < 1.29 is 18.0 Å². The lowest BCUT2D eigenvalue weighted by molar-refractivity contribution is -0.137. The molecule has 1 saturated heterocycles. The third kappa shape index (κ3) is 3.66. The second kappa shape index (κ2) is 7.62. The zero-order chi connectivity index (χ0) is 23.5. The molecule has 1 fully saturated rings. The van der Waals surface area contributed by atoms with Crippen molar-refractivity contribution in [3.8, 4) is 0 Å². The largest absolute Gasteiger partial charge is 0.416 e. The Morgan fingerprint density at radius 3 is 2.61 bits per heavy atom. The topological polar surface area (TPSA) is 77.0 Å². The zero-order valence-corrected chi connectivity index (χ0v) is 18.3. The van der Waals surface area contributed by atoms with E-state index in [9.17, 15) is 18.0 Å². The molecular weight excluding hydrogens is 455 g/mol. The Kier molecular flexibility index (Phi) is 4.97. The molecule has 2 aromatic heterocycles. The number of alkyl halides is 3. The number of nitrogens with two attached hydrogens (primary N) is 1. The van der Waals surface area contributed by atoms with E-state index in [0.717, 1.165) is 23.2 Å². The van der Waals surface area contributed by atoms with Crippen molar-refractivity contribution in [2.24, 2.45) is 7.05 Å². The Bertz CT molecular complexity index is 1400. The Morgan fingerprint density at radius 2 is 1.91 bits per heavy atom. The first-order valence-electron chi connectivity index (χ1n) is 10.3. The summed E-state index contributed by atoms with van der Waals surface area (Å²) in [5.74, 6) is 0.0591. The van der Waals surface area contributed by atoms with Crippen LogP contribution in [-0.4, -0.2) is 38.7 Å². The number of pyridine rings is 1. The first kappa shape index (κ1) is 21.5. The zero-order valence-electron chi connectivity index (χ0n) is 17.5. The number of hydrogen-bond donors (Lipinski definition) is 1. The SMILES string of the molecule is Cn1ncc2c(N)nc3cc(Cl)c(C(=O)N4CC[C@H](c5ccc(C(F)(F)F)cc5)C4)cc3c21. The fourth-order valence-corrected chi connectivity index (χ4v) is 4.71. The lowest BCUT2D eigenvalue weighted by Crippen LogP contribution is -2.28. The number of nitrogen functional groups attached to an aromatic ring is 1. The molecule has 2 N–H and O–H groups in total. The third-order valence-electron chi connectivity index (χ3n) is 6.21. The summed E-state index contributed by atoms with van der Waals surface area (Å²) in [5, 5.41) is 5.91. The summed E-state index contributed by atoms with van der Waals surface area (Å²) in [7, 11) is 1.78. The molecule has 0 saturated carbocycles. The Balaban J connectivity index is 1.44. The summed E-state index contributed by atoms with van der Waals surface area (Å²) in [6.45, 7) is 0.889. The van der Waals surface area contributed by atoms with Crippen molar-refractivity contribution in [3.63, 3.8) is 0 Å². The molecule has 0 unspecified atom stereocenters. The highest BCUT2D eigenvalue weighted by Gasteiger charge is 2.32. The Labute approximate surface area is 191 Å². The van der Waals surface area contributed by atoms with E-state index in [2.05, 4.69) is 10.1 Å². The fraction of sp³-hybridized carbons (Fsp3) is 0.261. The number of rotatable bonds is 2. The number of carbonyl (C=O) groups is 1. The van der Waals surface area contributed by atoms with Gasteiger partial charge in [-0.2, -0.15) is 18.3 Å². The molecule has 5 rings (SSSR count). The minimum absolute atomic E-state index is 0.0410. The predicted molar refractivity (Wildman–Crippen MR) is 120 cm³/mol. The molecule has 0 radical (unpaired) electrons. The fourth-order valence-electron chi connectivity index (χ4n) is 4.47. The van der Waals surface area contributed by atoms with Crippen LogP contribution < -0.4 is 5.73 Å². The molecule has 3 heterocycles. The molecule has 1 amide bonds. The van der Waals surface area contributed by atoms with Gasteiger partial charge < -0.3 is 10.6 Å². The average Bonchev–Trinajstić information content (AvgIpc) is 3.41. The molecule has 0 aliphatic carbocycles. The summed E-state index contributed by atoms with van der Waals surface area (Å²) in [4.78, 5) is 19.4. The maximum Gasteiger partial charge on any atom is 0.416 e. The van der Waals surface area contributed by atoms with E-state index >= 15 is 0 Å². The van der Waals surface area contributed by atoms with Gasteiger partial charge in [-0.1, -0.05) is 23.7 Å². The van der Waals surface area contributed by atoms with Gasteiger partial charge in [0.2, 0.25) is 0 Å². The molecule has 6 nitrogen and oxygen atoms in total. The molecule has 33 heavy (non-hydrogen) atoms. The minimum Gasteiger partial charge on any atom is -0.383 e. The highest BCUT2D eigenvalue weighted by atomic mass is 35.5. The quantitative estimate of drug-likeness (QED) is 0.444. The maximum absolute atomic E-state index is 13.3. The van der Waals surface area contributed by atoms with Gasteiger partial charge in [0.15, 0.2) is 0 Å². The molecule has 1 atom stereocenters. The van der Waals surface area contributed by atoms with Gasteiger partial charge in [0, 0.05) is 31.4 Å². The highest BCUT2D eigenvalue weighted by Crippen LogP contribution is 2.35. The maximum atomic E-state index is 13.3. The molecule has 4 aromatic rings. The van der Waals surface area contributed by atoms with Gasteiger partial charge in [-0.05, 0) is 36.2 Å². The lowest BCUT2D eigenvalue weighted by atomic mass is 9.97. The van der Waals surface area contributed by atoms with Crippen molar-refractivity contribution in [2.45, 2.75) is 18.5 Å². The van der Waals surface area contributed by atoms with Gasteiger partial charge in [-0.3, -0.25) is 9.48 Å². The van der Waals surface area contributed by atoms with Crippen LogP contribution in [-0.2, 0) is 13.2 Å². The van der Waals surface area contributed by atoms with E-state index in [1.54, 1.807) is 35.0 Å².